The molecule has 1 heterocycles. The number of aliphatic hydroxyl groups excluding tert-OH is 1. The summed E-state index contributed by atoms with van der Waals surface area (Å²) in [4.78, 5) is 19.5. The van der Waals surface area contributed by atoms with E-state index in [4.69, 9.17) is 35.5 Å². The highest BCUT2D eigenvalue weighted by atomic mass is 35.5. The van der Waals surface area contributed by atoms with Crippen molar-refractivity contribution in [3.05, 3.63) is 105 Å². The number of halogens is 2. The van der Waals surface area contributed by atoms with Gasteiger partial charge in [-0.3, -0.25) is 9.69 Å². The molecule has 174 valence electrons. The molecule has 1 amide bonds. The second-order valence-corrected chi connectivity index (χ2v) is 9.03. The standard InChI is InChI=1S/C26H24Cl2N4O2/c1-30-21-9-4-18(5-10-21)25(16-33)31-12-13-32(23-11-6-19(26(29)34)14-22(23)28)24(15-31)17-2-7-20(27)8-3-17/h2-11,14,24-25,33H,12-13,15-16H2,(H2,29,34)/t24-,25+/m0/s1. The number of rotatable bonds is 6. The first kappa shape index (κ1) is 24.1. The number of nitrogens with zero attached hydrogens (tertiary/aromatic N) is 3. The van der Waals surface area contributed by atoms with E-state index < -0.39 is 5.91 Å². The number of hydrogen-bond donors (Lipinski definition) is 2. The third-order valence-electron chi connectivity index (χ3n) is 6.23. The van der Waals surface area contributed by atoms with E-state index in [1.165, 1.54) is 0 Å². The average Bonchev–Trinajstić information content (AvgIpc) is 2.85. The van der Waals surface area contributed by atoms with Crippen LogP contribution in [0.1, 0.15) is 33.6 Å². The van der Waals surface area contributed by atoms with Gasteiger partial charge in [-0.15, -0.1) is 0 Å². The molecule has 3 N–H and O–H groups in total. The first-order valence-corrected chi connectivity index (χ1v) is 11.6. The second kappa shape index (κ2) is 10.5. The number of piperazine rings is 1. The summed E-state index contributed by atoms with van der Waals surface area (Å²) in [6.07, 6.45) is 0. The van der Waals surface area contributed by atoms with Gasteiger partial charge in [0.15, 0.2) is 5.69 Å². The Labute approximate surface area is 208 Å². The van der Waals surface area contributed by atoms with Gasteiger partial charge < -0.3 is 15.7 Å². The predicted octanol–water partition coefficient (Wildman–Crippen LogP) is 5.24. The molecule has 8 heteroatoms. The monoisotopic (exact) mass is 494 g/mol. The highest BCUT2D eigenvalue weighted by Crippen LogP contribution is 2.38. The van der Waals surface area contributed by atoms with Crippen molar-refractivity contribution in [2.45, 2.75) is 12.1 Å². The molecular weight excluding hydrogens is 471 g/mol. The number of amides is 1. The molecule has 0 aromatic heterocycles. The van der Waals surface area contributed by atoms with Crippen LogP contribution in [-0.4, -0.2) is 42.2 Å². The van der Waals surface area contributed by atoms with Crippen LogP contribution in [0.4, 0.5) is 11.4 Å². The van der Waals surface area contributed by atoms with Gasteiger partial charge in [-0.1, -0.05) is 59.6 Å². The molecular formula is C26H24Cl2N4O2. The minimum absolute atomic E-state index is 0.0429. The Bertz CT molecular complexity index is 1210. The quantitative estimate of drug-likeness (QED) is 0.459. The van der Waals surface area contributed by atoms with Gasteiger partial charge >= 0.3 is 0 Å². The van der Waals surface area contributed by atoms with Crippen molar-refractivity contribution in [1.82, 2.24) is 4.90 Å². The molecule has 1 aliphatic heterocycles. The number of carbonyl (C=O) groups is 1. The molecule has 3 aromatic rings. The molecule has 0 bridgehead atoms. The van der Waals surface area contributed by atoms with Gasteiger partial charge in [0, 0.05) is 30.2 Å². The minimum atomic E-state index is -0.525. The first-order valence-electron chi connectivity index (χ1n) is 10.8. The van der Waals surface area contributed by atoms with Crippen molar-refractivity contribution in [2.75, 3.05) is 31.1 Å². The van der Waals surface area contributed by atoms with Crippen molar-refractivity contribution in [2.24, 2.45) is 5.73 Å². The fraction of sp³-hybridized carbons (Fsp3) is 0.231. The van der Waals surface area contributed by atoms with E-state index in [-0.39, 0.29) is 18.7 Å². The second-order valence-electron chi connectivity index (χ2n) is 8.19. The Morgan fingerprint density at radius 2 is 1.79 bits per heavy atom. The number of aliphatic hydroxyl groups is 1. The van der Waals surface area contributed by atoms with E-state index in [1.54, 1.807) is 24.3 Å². The normalized spacial score (nSPS) is 17.2. The third-order valence-corrected chi connectivity index (χ3v) is 6.78. The van der Waals surface area contributed by atoms with Crippen LogP contribution >= 0.6 is 23.2 Å². The van der Waals surface area contributed by atoms with Crippen LogP contribution < -0.4 is 10.6 Å². The molecule has 0 aliphatic carbocycles. The van der Waals surface area contributed by atoms with Crippen molar-refractivity contribution < 1.29 is 9.90 Å². The summed E-state index contributed by atoms with van der Waals surface area (Å²) in [5, 5.41) is 11.4. The number of primary amides is 1. The molecule has 2 atom stereocenters. The van der Waals surface area contributed by atoms with Gasteiger partial charge in [0.05, 0.1) is 36.0 Å². The van der Waals surface area contributed by atoms with E-state index >= 15 is 0 Å². The Balaban J connectivity index is 1.68. The highest BCUT2D eigenvalue weighted by Gasteiger charge is 2.33. The molecule has 1 aliphatic rings. The van der Waals surface area contributed by atoms with Crippen LogP contribution in [0.2, 0.25) is 10.0 Å². The molecule has 3 aromatic carbocycles. The Morgan fingerprint density at radius 3 is 2.38 bits per heavy atom. The van der Waals surface area contributed by atoms with Crippen molar-refractivity contribution in [3.63, 3.8) is 0 Å². The molecule has 0 unspecified atom stereocenters. The topological polar surface area (TPSA) is 74.2 Å². The molecule has 0 radical (unpaired) electrons. The molecule has 4 rings (SSSR count). The number of hydrogen-bond acceptors (Lipinski definition) is 4. The summed E-state index contributed by atoms with van der Waals surface area (Å²) in [7, 11) is 0. The zero-order valence-corrected chi connectivity index (χ0v) is 19.9. The Morgan fingerprint density at radius 1 is 1.09 bits per heavy atom. The smallest absolute Gasteiger partial charge is 0.248 e. The fourth-order valence-corrected chi connectivity index (χ4v) is 4.86. The van der Waals surface area contributed by atoms with Crippen LogP contribution in [0.5, 0.6) is 0 Å². The van der Waals surface area contributed by atoms with Crippen molar-refractivity contribution >= 4 is 40.5 Å². The zero-order valence-electron chi connectivity index (χ0n) is 18.4. The molecule has 0 spiro atoms. The van der Waals surface area contributed by atoms with Crippen LogP contribution in [-0.2, 0) is 0 Å². The average molecular weight is 495 g/mol. The number of benzene rings is 3. The predicted molar refractivity (Wildman–Crippen MR) is 136 cm³/mol. The maximum absolute atomic E-state index is 11.6. The fourth-order valence-electron chi connectivity index (χ4n) is 4.44. The molecule has 0 saturated carbocycles. The maximum Gasteiger partial charge on any atom is 0.248 e. The summed E-state index contributed by atoms with van der Waals surface area (Å²) in [5.41, 5.74) is 9.17. The summed E-state index contributed by atoms with van der Waals surface area (Å²) < 4.78 is 0. The zero-order chi connectivity index (χ0) is 24.2. The highest BCUT2D eigenvalue weighted by molar-refractivity contribution is 6.33. The van der Waals surface area contributed by atoms with Crippen LogP contribution in [0.25, 0.3) is 4.85 Å². The minimum Gasteiger partial charge on any atom is -0.394 e. The Kier molecular flexibility index (Phi) is 7.40. The SMILES string of the molecule is [C-]#[N+]c1ccc([C@@H](CO)N2CCN(c3ccc(C(N)=O)cc3Cl)[C@H](c3ccc(Cl)cc3)C2)cc1. The van der Waals surface area contributed by atoms with E-state index in [2.05, 4.69) is 14.6 Å². The van der Waals surface area contributed by atoms with E-state index in [1.807, 2.05) is 42.5 Å². The summed E-state index contributed by atoms with van der Waals surface area (Å²) in [6, 6.07) is 19.9. The lowest BCUT2D eigenvalue weighted by Gasteiger charge is -2.46. The van der Waals surface area contributed by atoms with Crippen molar-refractivity contribution in [3.8, 4) is 0 Å². The molecule has 34 heavy (non-hydrogen) atoms. The summed E-state index contributed by atoms with van der Waals surface area (Å²) in [6.45, 7) is 9.10. The molecule has 6 nitrogen and oxygen atoms in total. The lowest BCUT2D eigenvalue weighted by atomic mass is 9.97. The van der Waals surface area contributed by atoms with Crippen LogP contribution in [0.3, 0.4) is 0 Å². The Hall–Kier alpha value is -3.08. The lowest BCUT2D eigenvalue weighted by molar-refractivity contribution is 0.100. The van der Waals surface area contributed by atoms with Gasteiger partial charge in [0.2, 0.25) is 5.91 Å². The van der Waals surface area contributed by atoms with E-state index in [0.717, 1.165) is 16.8 Å². The third kappa shape index (κ3) is 5.03. The van der Waals surface area contributed by atoms with Gasteiger partial charge in [0.1, 0.15) is 0 Å². The summed E-state index contributed by atoms with van der Waals surface area (Å²) in [5.74, 6) is -0.525. The van der Waals surface area contributed by atoms with Gasteiger partial charge in [-0.2, -0.15) is 0 Å². The van der Waals surface area contributed by atoms with Crippen LogP contribution in [0, 0.1) is 6.57 Å². The van der Waals surface area contributed by atoms with Gasteiger partial charge in [-0.25, -0.2) is 4.85 Å². The van der Waals surface area contributed by atoms with Gasteiger partial charge in [0.25, 0.3) is 0 Å². The van der Waals surface area contributed by atoms with E-state index in [9.17, 15) is 9.90 Å². The molecule has 1 fully saturated rings. The van der Waals surface area contributed by atoms with Crippen LogP contribution in [0.15, 0.2) is 66.7 Å². The largest absolute Gasteiger partial charge is 0.394 e. The van der Waals surface area contributed by atoms with E-state index in [0.29, 0.717) is 40.9 Å². The number of anilines is 1. The first-order chi connectivity index (χ1) is 16.4. The lowest BCUT2D eigenvalue weighted by Crippen LogP contribution is -2.50. The van der Waals surface area contributed by atoms with Gasteiger partial charge in [-0.05, 0) is 41.5 Å². The number of carbonyl (C=O) groups excluding carboxylic acids is 1. The maximum atomic E-state index is 11.6. The van der Waals surface area contributed by atoms with Crippen molar-refractivity contribution in [1.29, 1.82) is 0 Å². The summed E-state index contributed by atoms with van der Waals surface area (Å²) >= 11 is 12.7. The number of nitrogens with two attached hydrogens (primary N) is 1. The molecule has 1 saturated heterocycles.